The van der Waals surface area contributed by atoms with Crippen molar-refractivity contribution in [2.45, 2.75) is 31.6 Å². The first-order valence-electron chi connectivity index (χ1n) is 6.40. The van der Waals surface area contributed by atoms with Crippen LogP contribution in [-0.2, 0) is 5.92 Å². The van der Waals surface area contributed by atoms with E-state index in [1.165, 1.54) is 13.2 Å². The summed E-state index contributed by atoms with van der Waals surface area (Å²) >= 11 is 0. The molecule has 1 aliphatic rings. The predicted octanol–water partition coefficient (Wildman–Crippen LogP) is 3.41. The number of methoxy groups -OCH3 is 1. The number of rotatable bonds is 3. The molecule has 19 heavy (non-hydrogen) atoms. The van der Waals surface area contributed by atoms with Crippen LogP contribution in [0.1, 0.15) is 36.8 Å². The van der Waals surface area contributed by atoms with Crippen LogP contribution in [0.3, 0.4) is 0 Å². The molecule has 1 saturated heterocycles. The lowest BCUT2D eigenvalue weighted by atomic mass is 9.89. The van der Waals surface area contributed by atoms with Crippen LogP contribution in [0.2, 0.25) is 0 Å². The van der Waals surface area contributed by atoms with Gasteiger partial charge in [0.25, 0.3) is 5.92 Å². The molecule has 1 heterocycles. The number of nitrogens with one attached hydrogen (secondary N) is 1. The average Bonchev–Trinajstić information content (AvgIpc) is 2.37. The minimum atomic E-state index is -3.05. The monoisotopic (exact) mass is 273 g/mol. The van der Waals surface area contributed by atoms with Crippen molar-refractivity contribution in [1.29, 1.82) is 0 Å². The Kier molecular flexibility index (Phi) is 4.04. The van der Waals surface area contributed by atoms with Crippen molar-refractivity contribution in [1.82, 2.24) is 5.32 Å². The molecule has 0 aliphatic carbocycles. The van der Waals surface area contributed by atoms with Gasteiger partial charge in [0.2, 0.25) is 0 Å². The maximum atomic E-state index is 13.9. The molecule has 2 nitrogen and oxygen atoms in total. The standard InChI is InChI=1S/C14H18F3NO/c1-14(16,17)10-6-11(9-4-3-5-18-8-9)13(19-2)12(15)7-10/h6-7,9,18H,3-5,8H2,1-2H3. The van der Waals surface area contributed by atoms with Crippen molar-refractivity contribution < 1.29 is 17.9 Å². The van der Waals surface area contributed by atoms with Crippen molar-refractivity contribution >= 4 is 0 Å². The molecule has 0 saturated carbocycles. The molecule has 1 fully saturated rings. The first-order chi connectivity index (χ1) is 8.93. The first kappa shape index (κ1) is 14.2. The van der Waals surface area contributed by atoms with Gasteiger partial charge in [0.15, 0.2) is 11.6 Å². The van der Waals surface area contributed by atoms with Gasteiger partial charge in [0.05, 0.1) is 7.11 Å². The largest absolute Gasteiger partial charge is 0.493 e. The maximum Gasteiger partial charge on any atom is 0.270 e. The van der Waals surface area contributed by atoms with Crippen LogP contribution in [0.4, 0.5) is 13.2 Å². The third kappa shape index (κ3) is 3.03. The molecule has 1 N–H and O–H groups in total. The molecule has 1 atom stereocenters. The normalized spacial score (nSPS) is 20.4. The molecule has 0 radical (unpaired) electrons. The molecule has 106 valence electrons. The lowest BCUT2D eigenvalue weighted by Gasteiger charge is -2.26. The van der Waals surface area contributed by atoms with E-state index in [1.54, 1.807) is 0 Å². The molecule has 0 bridgehead atoms. The average molecular weight is 273 g/mol. The van der Waals surface area contributed by atoms with Gasteiger partial charge >= 0.3 is 0 Å². The second-order valence-electron chi connectivity index (χ2n) is 5.01. The van der Waals surface area contributed by atoms with Gasteiger partial charge in [-0.25, -0.2) is 13.2 Å². The fraction of sp³-hybridized carbons (Fsp3) is 0.571. The Morgan fingerprint density at radius 2 is 2.11 bits per heavy atom. The van der Waals surface area contributed by atoms with Crippen LogP contribution in [-0.4, -0.2) is 20.2 Å². The maximum absolute atomic E-state index is 13.9. The fourth-order valence-electron chi connectivity index (χ4n) is 2.50. The third-order valence-electron chi connectivity index (χ3n) is 3.52. The van der Waals surface area contributed by atoms with Gasteiger partial charge in [-0.1, -0.05) is 0 Å². The summed E-state index contributed by atoms with van der Waals surface area (Å²) < 4.78 is 45.8. The van der Waals surface area contributed by atoms with E-state index < -0.39 is 11.7 Å². The second-order valence-corrected chi connectivity index (χ2v) is 5.01. The van der Waals surface area contributed by atoms with E-state index in [9.17, 15) is 13.2 Å². The van der Waals surface area contributed by atoms with Gasteiger partial charge in [0, 0.05) is 30.5 Å². The first-order valence-corrected chi connectivity index (χ1v) is 6.40. The Balaban J connectivity index is 2.46. The Bertz CT molecular complexity index is 451. The lowest BCUT2D eigenvalue weighted by Crippen LogP contribution is -2.29. The molecule has 1 aromatic rings. The Morgan fingerprint density at radius 3 is 2.63 bits per heavy atom. The van der Waals surface area contributed by atoms with Crippen molar-refractivity contribution in [2.24, 2.45) is 0 Å². The van der Waals surface area contributed by atoms with Crippen LogP contribution in [0, 0.1) is 5.82 Å². The highest BCUT2D eigenvalue weighted by atomic mass is 19.3. The number of ether oxygens (including phenoxy) is 1. The second kappa shape index (κ2) is 5.41. The molecular formula is C14H18F3NO. The summed E-state index contributed by atoms with van der Waals surface area (Å²) in [5.41, 5.74) is 0.234. The molecular weight excluding hydrogens is 255 g/mol. The highest BCUT2D eigenvalue weighted by molar-refractivity contribution is 5.42. The van der Waals surface area contributed by atoms with Crippen molar-refractivity contribution in [3.8, 4) is 5.75 Å². The van der Waals surface area contributed by atoms with Crippen LogP contribution >= 0.6 is 0 Å². The molecule has 1 aliphatic heterocycles. The van der Waals surface area contributed by atoms with Gasteiger partial charge in [-0.2, -0.15) is 0 Å². The predicted molar refractivity (Wildman–Crippen MR) is 67.4 cm³/mol. The van der Waals surface area contributed by atoms with Gasteiger partial charge in [-0.3, -0.25) is 0 Å². The van der Waals surface area contributed by atoms with E-state index in [4.69, 9.17) is 4.74 Å². The fourth-order valence-corrected chi connectivity index (χ4v) is 2.50. The summed E-state index contributed by atoms with van der Waals surface area (Å²) in [5.74, 6) is -3.67. The summed E-state index contributed by atoms with van der Waals surface area (Å²) in [7, 11) is 1.36. The van der Waals surface area contributed by atoms with Crippen LogP contribution < -0.4 is 10.1 Å². The minimum Gasteiger partial charge on any atom is -0.493 e. The van der Waals surface area contributed by atoms with E-state index >= 15 is 0 Å². The van der Waals surface area contributed by atoms with Gasteiger partial charge < -0.3 is 10.1 Å². The number of alkyl halides is 2. The molecule has 2 rings (SSSR count). The van der Waals surface area contributed by atoms with Crippen molar-refractivity contribution in [3.63, 3.8) is 0 Å². The SMILES string of the molecule is COc1c(F)cc(C(C)(F)F)cc1C1CCCNC1. The quantitative estimate of drug-likeness (QED) is 0.911. The lowest BCUT2D eigenvalue weighted by molar-refractivity contribution is 0.0169. The van der Waals surface area contributed by atoms with E-state index in [-0.39, 0.29) is 17.2 Å². The summed E-state index contributed by atoms with van der Waals surface area (Å²) in [4.78, 5) is 0. The summed E-state index contributed by atoms with van der Waals surface area (Å²) in [6.45, 7) is 2.34. The third-order valence-corrected chi connectivity index (χ3v) is 3.52. The number of benzene rings is 1. The van der Waals surface area contributed by atoms with Gasteiger partial charge in [0.1, 0.15) is 0 Å². The Hall–Kier alpha value is -1.23. The highest BCUT2D eigenvalue weighted by Crippen LogP contribution is 2.38. The number of hydrogen-bond donors (Lipinski definition) is 1. The zero-order valence-corrected chi connectivity index (χ0v) is 11.1. The van der Waals surface area contributed by atoms with Crippen LogP contribution in [0.15, 0.2) is 12.1 Å². The molecule has 1 aromatic carbocycles. The number of piperidine rings is 1. The summed E-state index contributed by atoms with van der Waals surface area (Å²) in [6, 6.07) is 2.23. The van der Waals surface area contributed by atoms with E-state index in [2.05, 4.69) is 5.32 Å². The van der Waals surface area contributed by atoms with Gasteiger partial charge in [-0.05, 0) is 31.5 Å². The molecule has 5 heteroatoms. The molecule has 0 spiro atoms. The van der Waals surface area contributed by atoms with E-state index in [0.29, 0.717) is 12.1 Å². The van der Waals surface area contributed by atoms with E-state index in [1.807, 2.05) is 0 Å². The van der Waals surface area contributed by atoms with E-state index in [0.717, 1.165) is 32.4 Å². The van der Waals surface area contributed by atoms with Crippen LogP contribution in [0.25, 0.3) is 0 Å². The summed E-state index contributed by atoms with van der Waals surface area (Å²) in [5, 5.41) is 3.20. The zero-order chi connectivity index (χ0) is 14.0. The highest BCUT2D eigenvalue weighted by Gasteiger charge is 2.29. The minimum absolute atomic E-state index is 0.0144. The molecule has 0 amide bonds. The zero-order valence-electron chi connectivity index (χ0n) is 11.1. The van der Waals surface area contributed by atoms with Gasteiger partial charge in [-0.15, -0.1) is 0 Å². The van der Waals surface area contributed by atoms with Crippen molar-refractivity contribution in [3.05, 3.63) is 29.1 Å². The van der Waals surface area contributed by atoms with Crippen molar-refractivity contribution in [2.75, 3.05) is 20.2 Å². The molecule has 0 aromatic heterocycles. The Labute approximate surface area is 111 Å². The summed E-state index contributed by atoms with van der Waals surface area (Å²) in [6.07, 6.45) is 1.80. The smallest absolute Gasteiger partial charge is 0.270 e. The molecule has 1 unspecified atom stereocenters. The Morgan fingerprint density at radius 1 is 1.37 bits per heavy atom. The number of hydrogen-bond acceptors (Lipinski definition) is 2. The van der Waals surface area contributed by atoms with Crippen LogP contribution in [0.5, 0.6) is 5.75 Å². The number of halogens is 3. The topological polar surface area (TPSA) is 21.3 Å².